The summed E-state index contributed by atoms with van der Waals surface area (Å²) in [5.41, 5.74) is 13.9. The Kier molecular flexibility index (Phi) is 7.77. The summed E-state index contributed by atoms with van der Waals surface area (Å²) < 4.78 is 17.9. The van der Waals surface area contributed by atoms with Crippen LogP contribution in [0.1, 0.15) is 0 Å². The minimum Gasteiger partial charge on any atom is -0.309 e. The first kappa shape index (κ1) is 33.3. The van der Waals surface area contributed by atoms with Crippen LogP contribution < -0.4 is 15.9 Å². The van der Waals surface area contributed by atoms with E-state index in [4.69, 9.17) is 4.98 Å². The van der Waals surface area contributed by atoms with Gasteiger partial charge in [0.1, 0.15) is 0 Å². The Hall–Kier alpha value is -7.06. The molecule has 1 atom stereocenters. The number of rotatable bonds is 6. The van der Waals surface area contributed by atoms with E-state index in [9.17, 15) is 0 Å². The normalized spacial score (nSPS) is 14.5. The molecule has 0 saturated heterocycles. The van der Waals surface area contributed by atoms with E-state index in [-0.39, 0.29) is 0 Å². The highest BCUT2D eigenvalue weighted by Crippen LogP contribution is 2.54. The van der Waals surface area contributed by atoms with Gasteiger partial charge >= 0.3 is 0 Å². The van der Waals surface area contributed by atoms with Gasteiger partial charge in [0.25, 0.3) is 0 Å². The zero-order valence-corrected chi connectivity index (χ0v) is 31.9. The monoisotopic (exact) mass is 746 g/mol. The van der Waals surface area contributed by atoms with Gasteiger partial charge in [-0.2, -0.15) is 0 Å². The Bertz CT molecular complexity index is 3170. The summed E-state index contributed by atoms with van der Waals surface area (Å²) in [6.45, 7) is 0. The highest BCUT2D eigenvalue weighted by molar-refractivity contribution is 7.86. The molecule has 3 nitrogen and oxygen atoms in total. The highest BCUT2D eigenvalue weighted by Gasteiger charge is 2.41. The molecule has 8 aromatic carbocycles. The summed E-state index contributed by atoms with van der Waals surface area (Å²) in [6, 6.07) is 74.0. The number of aromatic nitrogens is 2. The van der Waals surface area contributed by atoms with Crippen LogP contribution in [0.4, 0.5) is 0 Å². The molecule has 0 fully saturated rings. The van der Waals surface area contributed by atoms with Crippen LogP contribution in [0.3, 0.4) is 0 Å². The Labute approximate surface area is 331 Å². The van der Waals surface area contributed by atoms with E-state index in [0.29, 0.717) is 0 Å². The van der Waals surface area contributed by atoms with Crippen molar-refractivity contribution in [2.45, 2.75) is 0 Å². The fraction of sp³-hybridized carbons (Fsp3) is 0. The Morgan fingerprint density at radius 3 is 1.63 bits per heavy atom. The molecular formula is C53H35N2OP. The van der Waals surface area contributed by atoms with Crippen LogP contribution in [0.5, 0.6) is 0 Å². The van der Waals surface area contributed by atoms with Crippen LogP contribution >= 0.6 is 7.14 Å². The molecule has 4 heteroatoms. The van der Waals surface area contributed by atoms with E-state index >= 15 is 4.57 Å². The standard InChI is InChI=1S/C53H35N2OP/c56-57(43-18-8-3-9-19-43)50-23-13-11-21-46(50)52-51(57)33-32-45-44-20-10-12-22-49(44)55(53(45)52)42-30-28-40(29-31-42)48-35-41(34-47(54-48)39-16-6-2-7-17-39)38-26-24-37(25-27-38)36-14-4-1-5-15-36/h1-35H. The summed E-state index contributed by atoms with van der Waals surface area (Å²) in [5, 5.41) is 4.97. The number of fused-ring (bicyclic) bond motifs is 7. The summed E-state index contributed by atoms with van der Waals surface area (Å²) in [7, 11) is -3.11. The maximum absolute atomic E-state index is 15.5. The third kappa shape index (κ3) is 5.35. The molecular weight excluding hydrogens is 712 g/mol. The molecule has 0 N–H and O–H groups in total. The Morgan fingerprint density at radius 2 is 0.930 bits per heavy atom. The lowest BCUT2D eigenvalue weighted by molar-refractivity contribution is 0.593. The maximum atomic E-state index is 15.5. The van der Waals surface area contributed by atoms with E-state index in [2.05, 4.69) is 168 Å². The van der Waals surface area contributed by atoms with Gasteiger partial charge in [0.2, 0.25) is 0 Å². The number of para-hydroxylation sites is 1. The van der Waals surface area contributed by atoms with E-state index in [1.165, 1.54) is 16.5 Å². The van der Waals surface area contributed by atoms with Gasteiger partial charge in [0.15, 0.2) is 7.14 Å². The molecule has 10 aromatic rings. The summed E-state index contributed by atoms with van der Waals surface area (Å²) >= 11 is 0. The summed E-state index contributed by atoms with van der Waals surface area (Å²) in [5.74, 6) is 0. The van der Waals surface area contributed by atoms with Crippen molar-refractivity contribution in [1.82, 2.24) is 9.55 Å². The van der Waals surface area contributed by atoms with Gasteiger partial charge in [-0.05, 0) is 64.2 Å². The lowest BCUT2D eigenvalue weighted by atomic mass is 9.97. The number of pyridine rings is 1. The predicted octanol–water partition coefficient (Wildman–Crippen LogP) is 12.5. The second-order valence-corrected chi connectivity index (χ2v) is 17.4. The third-order valence-corrected chi connectivity index (χ3v) is 14.6. The van der Waals surface area contributed by atoms with Crippen LogP contribution in [-0.2, 0) is 4.57 Å². The molecule has 57 heavy (non-hydrogen) atoms. The fourth-order valence-electron chi connectivity index (χ4n) is 8.72. The Balaban J connectivity index is 1.07. The van der Waals surface area contributed by atoms with Crippen molar-refractivity contribution in [3.05, 3.63) is 212 Å². The van der Waals surface area contributed by atoms with Crippen molar-refractivity contribution in [3.8, 4) is 61.6 Å². The molecule has 1 aliphatic rings. The number of hydrogen-bond acceptors (Lipinski definition) is 2. The number of nitrogens with zero attached hydrogens (tertiary/aromatic N) is 2. The largest absolute Gasteiger partial charge is 0.309 e. The first-order valence-corrected chi connectivity index (χ1v) is 21.0. The molecule has 11 rings (SSSR count). The van der Waals surface area contributed by atoms with E-state index < -0.39 is 7.14 Å². The number of benzene rings is 8. The third-order valence-electron chi connectivity index (χ3n) is 11.4. The van der Waals surface area contributed by atoms with Gasteiger partial charge in [0.05, 0.1) is 22.4 Å². The molecule has 0 radical (unpaired) electrons. The Morgan fingerprint density at radius 1 is 0.404 bits per heavy atom. The quantitative estimate of drug-likeness (QED) is 0.159. The first-order valence-electron chi connectivity index (χ1n) is 19.3. The van der Waals surface area contributed by atoms with Crippen molar-refractivity contribution >= 4 is 44.9 Å². The fourth-order valence-corrected chi connectivity index (χ4v) is 11.8. The molecule has 1 aliphatic heterocycles. The highest BCUT2D eigenvalue weighted by atomic mass is 31.2. The van der Waals surface area contributed by atoms with Gasteiger partial charge < -0.3 is 9.13 Å². The summed E-state index contributed by atoms with van der Waals surface area (Å²) in [6.07, 6.45) is 0. The predicted molar refractivity (Wildman–Crippen MR) is 239 cm³/mol. The molecule has 0 saturated carbocycles. The molecule has 268 valence electrons. The minimum absolute atomic E-state index is 0.860. The molecule has 0 amide bonds. The van der Waals surface area contributed by atoms with Crippen LogP contribution in [0.15, 0.2) is 212 Å². The molecule has 0 spiro atoms. The van der Waals surface area contributed by atoms with E-state index in [0.717, 1.165) is 82.8 Å². The number of hydrogen-bond donors (Lipinski definition) is 0. The lowest BCUT2D eigenvalue weighted by Gasteiger charge is -2.16. The van der Waals surface area contributed by atoms with Crippen molar-refractivity contribution in [2.75, 3.05) is 0 Å². The van der Waals surface area contributed by atoms with E-state index in [1.54, 1.807) is 0 Å². The van der Waals surface area contributed by atoms with Gasteiger partial charge in [0, 0.05) is 49.1 Å². The van der Waals surface area contributed by atoms with Crippen LogP contribution in [0, 0.1) is 0 Å². The molecule has 0 aliphatic carbocycles. The zero-order chi connectivity index (χ0) is 37.9. The van der Waals surface area contributed by atoms with Crippen molar-refractivity contribution < 1.29 is 4.57 Å². The second kappa shape index (κ2) is 13.3. The van der Waals surface area contributed by atoms with Crippen molar-refractivity contribution in [2.24, 2.45) is 0 Å². The lowest BCUT2D eigenvalue weighted by Crippen LogP contribution is -2.20. The zero-order valence-electron chi connectivity index (χ0n) is 31.0. The van der Waals surface area contributed by atoms with Gasteiger partial charge in [-0.25, -0.2) is 4.98 Å². The van der Waals surface area contributed by atoms with Crippen LogP contribution in [0.25, 0.3) is 83.4 Å². The molecule has 1 unspecified atom stereocenters. The average molecular weight is 747 g/mol. The topological polar surface area (TPSA) is 34.9 Å². The van der Waals surface area contributed by atoms with Gasteiger partial charge in [-0.1, -0.05) is 176 Å². The van der Waals surface area contributed by atoms with Crippen molar-refractivity contribution in [3.63, 3.8) is 0 Å². The first-order chi connectivity index (χ1) is 28.1. The van der Waals surface area contributed by atoms with Gasteiger partial charge in [-0.15, -0.1) is 0 Å². The van der Waals surface area contributed by atoms with Crippen LogP contribution in [-0.4, -0.2) is 9.55 Å². The molecule has 3 heterocycles. The average Bonchev–Trinajstić information content (AvgIpc) is 3.77. The van der Waals surface area contributed by atoms with Crippen molar-refractivity contribution in [1.29, 1.82) is 0 Å². The smallest absolute Gasteiger partial charge is 0.172 e. The summed E-state index contributed by atoms with van der Waals surface area (Å²) in [4.78, 5) is 5.24. The second-order valence-electron chi connectivity index (χ2n) is 14.7. The maximum Gasteiger partial charge on any atom is 0.172 e. The van der Waals surface area contributed by atoms with Gasteiger partial charge in [-0.3, -0.25) is 0 Å². The van der Waals surface area contributed by atoms with E-state index in [1.807, 2.05) is 48.5 Å². The minimum atomic E-state index is -3.11. The SMILES string of the molecule is O=P1(c2ccccc2)c2ccccc2-c2c1ccc1c3ccccc3n(-c3ccc(-c4cc(-c5ccc(-c6ccccc6)cc5)cc(-c5ccccc5)n4)cc3)c21. The molecule has 0 bridgehead atoms. The molecule has 2 aromatic heterocycles. The van der Waals surface area contributed by atoms with Crippen LogP contribution in [0.2, 0.25) is 0 Å².